The molecule has 4 aromatic rings. The molecule has 1 N–H and O–H groups in total. The van der Waals surface area contributed by atoms with Crippen molar-refractivity contribution in [1.82, 2.24) is 4.98 Å². The van der Waals surface area contributed by atoms with Gasteiger partial charge in [0.2, 0.25) is 0 Å². The number of benzene rings is 3. The molecule has 1 aromatic heterocycles. The van der Waals surface area contributed by atoms with Crippen molar-refractivity contribution in [2.45, 2.75) is 13.5 Å². The fourth-order valence-corrected chi connectivity index (χ4v) is 3.84. The van der Waals surface area contributed by atoms with Crippen LogP contribution in [0.2, 0.25) is 0 Å². The molecule has 0 spiro atoms. The van der Waals surface area contributed by atoms with Crippen LogP contribution in [0.4, 0.5) is 5.69 Å². The van der Waals surface area contributed by atoms with Crippen LogP contribution >= 0.6 is 0 Å². The number of carbonyl (C=O) groups excluding carboxylic acids is 1. The molecule has 0 fully saturated rings. The highest BCUT2D eigenvalue weighted by molar-refractivity contribution is 6.06. The van der Waals surface area contributed by atoms with E-state index in [4.69, 9.17) is 14.2 Å². The predicted octanol–water partition coefficient (Wildman–Crippen LogP) is 4.71. The molecule has 7 heteroatoms. The van der Waals surface area contributed by atoms with Crippen molar-refractivity contribution in [3.63, 3.8) is 0 Å². The fourth-order valence-electron chi connectivity index (χ4n) is 3.84. The van der Waals surface area contributed by atoms with Gasteiger partial charge in [0.15, 0.2) is 11.5 Å². The summed E-state index contributed by atoms with van der Waals surface area (Å²) in [5.41, 5.74) is 3.05. The molecule has 1 heterocycles. The number of amides is 1. The largest absolute Gasteiger partial charge is 0.497 e. The fraction of sp³-hybridized carbons (Fsp3) is 0.185. The first-order valence-corrected chi connectivity index (χ1v) is 10.7. The molecule has 4 rings (SSSR count). The molecule has 1 amide bonds. The van der Waals surface area contributed by atoms with E-state index in [2.05, 4.69) is 4.98 Å². The maximum atomic E-state index is 13.7. The minimum Gasteiger partial charge on any atom is -0.497 e. The molecule has 0 unspecified atom stereocenters. The zero-order valence-corrected chi connectivity index (χ0v) is 19.5. The second-order valence-corrected chi connectivity index (χ2v) is 7.88. The number of rotatable bonds is 7. The van der Waals surface area contributed by atoms with Crippen LogP contribution in [0.5, 0.6) is 17.2 Å². The molecule has 0 bridgehead atoms. The number of aromatic amines is 1. The molecule has 0 aliphatic rings. The third-order valence-electron chi connectivity index (χ3n) is 5.65. The van der Waals surface area contributed by atoms with E-state index in [9.17, 15) is 9.59 Å². The van der Waals surface area contributed by atoms with Gasteiger partial charge in [-0.05, 0) is 60.8 Å². The van der Waals surface area contributed by atoms with Crippen molar-refractivity contribution in [3.8, 4) is 17.2 Å². The van der Waals surface area contributed by atoms with Crippen LogP contribution in [0.1, 0.15) is 21.5 Å². The van der Waals surface area contributed by atoms with E-state index in [1.165, 1.54) is 14.2 Å². The van der Waals surface area contributed by atoms with E-state index < -0.39 is 0 Å². The Morgan fingerprint density at radius 3 is 2.41 bits per heavy atom. The van der Waals surface area contributed by atoms with Gasteiger partial charge in [0, 0.05) is 28.4 Å². The number of aryl methyl sites for hydroxylation is 1. The zero-order valence-electron chi connectivity index (χ0n) is 19.5. The average molecular weight is 459 g/mol. The number of H-pyrrole nitrogens is 1. The van der Waals surface area contributed by atoms with Crippen LogP contribution in [-0.2, 0) is 6.54 Å². The highest BCUT2D eigenvalue weighted by Gasteiger charge is 2.22. The first kappa shape index (κ1) is 22.9. The van der Waals surface area contributed by atoms with E-state index in [1.807, 2.05) is 31.2 Å². The Bertz CT molecular complexity index is 1410. The van der Waals surface area contributed by atoms with Gasteiger partial charge in [0.05, 0.1) is 27.9 Å². The number of nitrogens with zero attached hydrogens (tertiary/aromatic N) is 1. The Labute approximate surface area is 197 Å². The summed E-state index contributed by atoms with van der Waals surface area (Å²) < 4.78 is 16.0. The van der Waals surface area contributed by atoms with Crippen molar-refractivity contribution in [1.29, 1.82) is 0 Å². The van der Waals surface area contributed by atoms with Crippen LogP contribution in [-0.4, -0.2) is 32.2 Å². The molecule has 0 atom stereocenters. The SMILES string of the molecule is COc1cccc(N(Cc2cc3cc(C)ccc3[nH]c2=O)C(=O)c2ccc(OC)c(OC)c2)c1. The van der Waals surface area contributed by atoms with Crippen molar-refractivity contribution in [3.05, 3.63) is 93.8 Å². The molecule has 0 saturated carbocycles. The smallest absolute Gasteiger partial charge is 0.258 e. The van der Waals surface area contributed by atoms with E-state index in [-0.39, 0.29) is 18.0 Å². The summed E-state index contributed by atoms with van der Waals surface area (Å²) in [6, 6.07) is 19.8. The number of pyridine rings is 1. The molecule has 0 saturated heterocycles. The Kier molecular flexibility index (Phi) is 6.54. The number of fused-ring (bicyclic) bond motifs is 1. The summed E-state index contributed by atoms with van der Waals surface area (Å²) in [5.74, 6) is 1.27. The predicted molar refractivity (Wildman–Crippen MR) is 132 cm³/mol. The van der Waals surface area contributed by atoms with Crippen LogP contribution < -0.4 is 24.7 Å². The number of carbonyl (C=O) groups is 1. The Morgan fingerprint density at radius 1 is 0.882 bits per heavy atom. The Balaban J connectivity index is 1.80. The summed E-state index contributed by atoms with van der Waals surface area (Å²) in [4.78, 5) is 31.1. The monoisotopic (exact) mass is 458 g/mol. The maximum absolute atomic E-state index is 13.7. The van der Waals surface area contributed by atoms with E-state index in [1.54, 1.807) is 54.5 Å². The van der Waals surface area contributed by atoms with Gasteiger partial charge in [-0.3, -0.25) is 9.59 Å². The van der Waals surface area contributed by atoms with Gasteiger partial charge >= 0.3 is 0 Å². The highest BCUT2D eigenvalue weighted by atomic mass is 16.5. The van der Waals surface area contributed by atoms with Crippen LogP contribution in [0, 0.1) is 6.92 Å². The summed E-state index contributed by atoms with van der Waals surface area (Å²) in [5, 5.41) is 0.902. The van der Waals surface area contributed by atoms with Crippen molar-refractivity contribution in [2.75, 3.05) is 26.2 Å². The standard InChI is InChI=1S/C27H26N2O5/c1-17-8-10-23-19(12-17)13-20(26(30)28-23)16-29(21-6-5-7-22(15-21)32-2)27(31)18-9-11-24(33-3)25(14-18)34-4/h5-15H,16H2,1-4H3,(H,28,30). The van der Waals surface area contributed by atoms with E-state index >= 15 is 0 Å². The van der Waals surface area contributed by atoms with Gasteiger partial charge in [-0.15, -0.1) is 0 Å². The first-order valence-electron chi connectivity index (χ1n) is 10.7. The minimum atomic E-state index is -0.294. The topological polar surface area (TPSA) is 80.9 Å². The number of nitrogens with one attached hydrogen (secondary N) is 1. The second kappa shape index (κ2) is 9.70. The van der Waals surface area contributed by atoms with Crippen LogP contribution in [0.25, 0.3) is 10.9 Å². The average Bonchev–Trinajstić information content (AvgIpc) is 2.86. The Morgan fingerprint density at radius 2 is 1.68 bits per heavy atom. The highest BCUT2D eigenvalue weighted by Crippen LogP contribution is 2.30. The number of ether oxygens (including phenoxy) is 3. The lowest BCUT2D eigenvalue weighted by Crippen LogP contribution is -2.33. The summed E-state index contributed by atoms with van der Waals surface area (Å²) in [6.07, 6.45) is 0. The molecule has 7 nitrogen and oxygen atoms in total. The van der Waals surface area contributed by atoms with Gasteiger partial charge in [0.1, 0.15) is 5.75 Å². The number of hydrogen-bond acceptors (Lipinski definition) is 5. The summed E-state index contributed by atoms with van der Waals surface area (Å²) in [7, 11) is 4.62. The van der Waals surface area contributed by atoms with Crippen molar-refractivity contribution in [2.24, 2.45) is 0 Å². The first-order chi connectivity index (χ1) is 16.4. The molecule has 174 valence electrons. The summed E-state index contributed by atoms with van der Waals surface area (Å²) >= 11 is 0. The lowest BCUT2D eigenvalue weighted by molar-refractivity contribution is 0.0984. The normalized spacial score (nSPS) is 10.7. The second-order valence-electron chi connectivity index (χ2n) is 7.88. The zero-order chi connectivity index (χ0) is 24.2. The molecule has 0 aliphatic carbocycles. The lowest BCUT2D eigenvalue weighted by atomic mass is 10.1. The molecule has 3 aromatic carbocycles. The number of anilines is 1. The van der Waals surface area contributed by atoms with Gasteiger partial charge in [-0.1, -0.05) is 17.7 Å². The third kappa shape index (κ3) is 4.59. The van der Waals surface area contributed by atoms with Gasteiger partial charge in [-0.25, -0.2) is 0 Å². The maximum Gasteiger partial charge on any atom is 0.258 e. The van der Waals surface area contributed by atoms with E-state index in [0.717, 1.165) is 16.5 Å². The summed E-state index contributed by atoms with van der Waals surface area (Å²) in [6.45, 7) is 2.06. The van der Waals surface area contributed by atoms with Gasteiger partial charge in [-0.2, -0.15) is 0 Å². The van der Waals surface area contributed by atoms with Gasteiger partial charge in [0.25, 0.3) is 11.5 Å². The Hall–Kier alpha value is -4.26. The molecule has 34 heavy (non-hydrogen) atoms. The van der Waals surface area contributed by atoms with Crippen molar-refractivity contribution < 1.29 is 19.0 Å². The third-order valence-corrected chi connectivity index (χ3v) is 5.65. The number of hydrogen-bond donors (Lipinski definition) is 1. The van der Waals surface area contributed by atoms with Gasteiger partial charge < -0.3 is 24.1 Å². The number of aromatic nitrogens is 1. The molecular formula is C27H26N2O5. The van der Waals surface area contributed by atoms with Crippen LogP contribution in [0.15, 0.2) is 71.5 Å². The molecular weight excluding hydrogens is 432 g/mol. The minimum absolute atomic E-state index is 0.0690. The molecule has 0 radical (unpaired) electrons. The quantitative estimate of drug-likeness (QED) is 0.434. The van der Waals surface area contributed by atoms with Crippen molar-refractivity contribution >= 4 is 22.5 Å². The van der Waals surface area contributed by atoms with Crippen LogP contribution in [0.3, 0.4) is 0 Å². The molecule has 0 aliphatic heterocycles. The number of methoxy groups -OCH3 is 3. The lowest BCUT2D eigenvalue weighted by Gasteiger charge is -2.24. The van der Waals surface area contributed by atoms with E-state index in [0.29, 0.717) is 34.1 Å².